The minimum Gasteiger partial charge on any atom is -0.375 e. The Morgan fingerprint density at radius 3 is 2.58 bits per heavy atom. The fraction of sp³-hybridized carbons (Fsp3) is 0.167. The van der Waals surface area contributed by atoms with Crippen molar-refractivity contribution in [1.29, 1.82) is 0 Å². The number of hydrogen-bond donors (Lipinski definition) is 2. The first-order valence-corrected chi connectivity index (χ1v) is 6.95. The van der Waals surface area contributed by atoms with Crippen LogP contribution in [0.5, 0.6) is 0 Å². The van der Waals surface area contributed by atoms with Gasteiger partial charge in [0, 0.05) is 5.02 Å². The van der Waals surface area contributed by atoms with Gasteiger partial charge in [-0.2, -0.15) is 0 Å². The molecule has 1 heterocycles. The van der Waals surface area contributed by atoms with Crippen LogP contribution < -0.4 is 11.1 Å². The monoisotopic (exact) mass is 315 g/mol. The van der Waals surface area contributed by atoms with Crippen molar-refractivity contribution >= 4 is 51.3 Å². The van der Waals surface area contributed by atoms with Crippen LogP contribution in [0.25, 0.3) is 0 Å². The predicted molar refractivity (Wildman–Crippen MR) is 80.4 cm³/mol. The molecule has 1 aromatic carbocycles. The van der Waals surface area contributed by atoms with Crippen molar-refractivity contribution in [2.75, 3.05) is 11.1 Å². The lowest BCUT2D eigenvalue weighted by Gasteiger charge is -2.08. The largest absolute Gasteiger partial charge is 0.375 e. The van der Waals surface area contributed by atoms with Gasteiger partial charge in [-0.1, -0.05) is 34.5 Å². The Hall–Kier alpha value is -1.30. The summed E-state index contributed by atoms with van der Waals surface area (Å²) in [5, 5.41) is 4.04. The average Bonchev–Trinajstić information content (AvgIpc) is 2.65. The number of benzene rings is 1. The van der Waals surface area contributed by atoms with Gasteiger partial charge < -0.3 is 11.1 Å². The molecule has 3 N–H and O–H groups in total. The summed E-state index contributed by atoms with van der Waals surface area (Å²) >= 11 is 13.2. The van der Waals surface area contributed by atoms with Crippen LogP contribution in [0, 0.1) is 13.8 Å². The summed E-state index contributed by atoms with van der Waals surface area (Å²) in [7, 11) is 0. The molecule has 0 spiro atoms. The van der Waals surface area contributed by atoms with E-state index in [0.29, 0.717) is 31.4 Å². The number of aryl methyl sites for hydroxylation is 2. The molecule has 7 heteroatoms. The van der Waals surface area contributed by atoms with Gasteiger partial charge in [-0.25, -0.2) is 4.98 Å². The minimum atomic E-state index is -0.298. The molecule has 4 nitrogen and oxygen atoms in total. The van der Waals surface area contributed by atoms with Gasteiger partial charge in [0.15, 0.2) is 5.13 Å². The van der Waals surface area contributed by atoms with E-state index in [1.807, 2.05) is 6.92 Å². The number of rotatable bonds is 2. The van der Waals surface area contributed by atoms with Crippen molar-refractivity contribution < 1.29 is 4.79 Å². The number of carbonyl (C=O) groups is 1. The second kappa shape index (κ2) is 5.36. The van der Waals surface area contributed by atoms with Gasteiger partial charge in [0.25, 0.3) is 5.91 Å². The third kappa shape index (κ3) is 3.00. The molecule has 0 fully saturated rings. The van der Waals surface area contributed by atoms with Crippen LogP contribution in [0.3, 0.4) is 0 Å². The summed E-state index contributed by atoms with van der Waals surface area (Å²) in [6, 6.07) is 3.32. The summed E-state index contributed by atoms with van der Waals surface area (Å²) in [6.07, 6.45) is 0. The fourth-order valence-electron chi connectivity index (χ4n) is 1.55. The lowest BCUT2D eigenvalue weighted by Crippen LogP contribution is -2.12. The molecule has 2 aromatic rings. The number of nitrogens with one attached hydrogen (secondary N) is 1. The van der Waals surface area contributed by atoms with Gasteiger partial charge in [-0.05, 0) is 31.5 Å². The highest BCUT2D eigenvalue weighted by atomic mass is 35.5. The molecule has 0 aliphatic carbocycles. The zero-order valence-corrected chi connectivity index (χ0v) is 12.6. The van der Waals surface area contributed by atoms with Crippen molar-refractivity contribution in [2.45, 2.75) is 13.8 Å². The van der Waals surface area contributed by atoms with Crippen LogP contribution in [-0.4, -0.2) is 10.9 Å². The number of carbonyl (C=O) groups excluding carboxylic acids is 1. The molecule has 1 aromatic heterocycles. The van der Waals surface area contributed by atoms with Gasteiger partial charge in [-0.3, -0.25) is 4.79 Å². The number of nitrogens with zero attached hydrogens (tertiary/aromatic N) is 1. The number of thiazole rings is 1. The molecule has 0 atom stereocenters. The smallest absolute Gasteiger partial charge is 0.267 e. The molecule has 0 unspecified atom stereocenters. The van der Waals surface area contributed by atoms with E-state index in [1.54, 1.807) is 19.1 Å². The molecule has 1 amide bonds. The molecule has 19 heavy (non-hydrogen) atoms. The molecule has 0 aliphatic rings. The number of amides is 1. The lowest BCUT2D eigenvalue weighted by molar-refractivity contribution is 0.103. The number of halogens is 2. The lowest BCUT2D eigenvalue weighted by atomic mass is 10.2. The third-order valence-electron chi connectivity index (χ3n) is 2.52. The van der Waals surface area contributed by atoms with Gasteiger partial charge in [0.2, 0.25) is 0 Å². The highest BCUT2D eigenvalue weighted by molar-refractivity contribution is 7.17. The minimum absolute atomic E-state index is 0.298. The molecule has 2 rings (SSSR count). The van der Waals surface area contributed by atoms with Crippen molar-refractivity contribution in [2.24, 2.45) is 0 Å². The van der Waals surface area contributed by atoms with E-state index in [1.165, 1.54) is 0 Å². The van der Waals surface area contributed by atoms with Crippen LogP contribution >= 0.6 is 34.5 Å². The molecule has 0 saturated carbocycles. The van der Waals surface area contributed by atoms with Crippen molar-refractivity contribution in [3.63, 3.8) is 0 Å². The van der Waals surface area contributed by atoms with Gasteiger partial charge in [0.05, 0.1) is 16.4 Å². The Balaban J connectivity index is 2.29. The number of nitrogen functional groups attached to an aromatic ring is 1. The predicted octanol–water partition coefficient (Wildman–Crippen LogP) is 3.90. The summed E-state index contributed by atoms with van der Waals surface area (Å²) in [6.45, 7) is 3.57. The molecule has 100 valence electrons. The third-order valence-corrected chi connectivity index (χ3v) is 4.22. The van der Waals surface area contributed by atoms with Gasteiger partial charge in [-0.15, -0.1) is 0 Å². The van der Waals surface area contributed by atoms with Crippen LogP contribution in [0.1, 0.15) is 20.9 Å². The van der Waals surface area contributed by atoms with E-state index in [0.717, 1.165) is 16.9 Å². The Morgan fingerprint density at radius 1 is 1.32 bits per heavy atom. The summed E-state index contributed by atoms with van der Waals surface area (Å²) < 4.78 is 0. The maximum atomic E-state index is 12.1. The molecule has 0 saturated heterocycles. The topological polar surface area (TPSA) is 68.0 Å². The first-order valence-electron chi connectivity index (χ1n) is 5.38. The Labute approximate surface area is 124 Å². The van der Waals surface area contributed by atoms with E-state index < -0.39 is 0 Å². The Morgan fingerprint density at radius 2 is 2.00 bits per heavy atom. The van der Waals surface area contributed by atoms with E-state index in [-0.39, 0.29) is 5.91 Å². The summed E-state index contributed by atoms with van der Waals surface area (Å²) in [4.78, 5) is 16.6. The quantitative estimate of drug-likeness (QED) is 0.883. The second-order valence-corrected chi connectivity index (χ2v) is 5.85. The summed E-state index contributed by atoms with van der Waals surface area (Å²) in [5.41, 5.74) is 7.47. The number of nitrogens with two attached hydrogens (primary N) is 1. The highest BCUT2D eigenvalue weighted by Gasteiger charge is 2.16. The number of anilines is 2. The molecular weight excluding hydrogens is 305 g/mol. The van der Waals surface area contributed by atoms with E-state index in [2.05, 4.69) is 10.3 Å². The Kier molecular flexibility index (Phi) is 3.99. The highest BCUT2D eigenvalue weighted by Crippen LogP contribution is 2.30. The van der Waals surface area contributed by atoms with Crippen LogP contribution in [0.15, 0.2) is 12.1 Å². The van der Waals surface area contributed by atoms with Crippen LogP contribution in [0.2, 0.25) is 10.0 Å². The maximum Gasteiger partial charge on any atom is 0.267 e. The number of hydrogen-bond acceptors (Lipinski definition) is 4. The maximum absolute atomic E-state index is 12.1. The van der Waals surface area contributed by atoms with Crippen molar-refractivity contribution in [1.82, 2.24) is 4.98 Å². The normalized spacial score (nSPS) is 10.5. The van der Waals surface area contributed by atoms with E-state index in [4.69, 9.17) is 28.9 Å². The Bertz CT molecular complexity index is 655. The SMILES string of the molecule is Cc1cc(Cl)c(NC(=O)c2sc(N)nc2C)cc1Cl. The van der Waals surface area contributed by atoms with Crippen molar-refractivity contribution in [3.05, 3.63) is 38.3 Å². The molecule has 0 bridgehead atoms. The molecule has 0 radical (unpaired) electrons. The van der Waals surface area contributed by atoms with Gasteiger partial charge >= 0.3 is 0 Å². The van der Waals surface area contributed by atoms with E-state index >= 15 is 0 Å². The molecule has 0 aliphatic heterocycles. The summed E-state index contributed by atoms with van der Waals surface area (Å²) in [5.74, 6) is -0.298. The van der Waals surface area contributed by atoms with Gasteiger partial charge in [0.1, 0.15) is 4.88 Å². The number of aromatic nitrogens is 1. The average molecular weight is 316 g/mol. The zero-order valence-electron chi connectivity index (χ0n) is 10.3. The first kappa shape index (κ1) is 14.1. The second-order valence-electron chi connectivity index (χ2n) is 4.00. The van der Waals surface area contributed by atoms with Crippen molar-refractivity contribution in [3.8, 4) is 0 Å². The van der Waals surface area contributed by atoms with E-state index in [9.17, 15) is 4.79 Å². The van der Waals surface area contributed by atoms with Crippen LogP contribution in [0.4, 0.5) is 10.8 Å². The fourth-order valence-corrected chi connectivity index (χ4v) is 2.71. The standard InChI is InChI=1S/C12H11Cl2N3OS/c1-5-3-8(14)9(4-7(5)13)17-11(18)10-6(2)16-12(15)19-10/h3-4H,1-2H3,(H2,15,16)(H,17,18). The van der Waals surface area contributed by atoms with Crippen LogP contribution in [-0.2, 0) is 0 Å². The zero-order chi connectivity index (χ0) is 14.2. The molecular formula is C12H11Cl2N3OS. The first-order chi connectivity index (χ1) is 8.88.